The quantitative estimate of drug-likeness (QED) is 0.769. The van der Waals surface area contributed by atoms with Crippen LogP contribution in [0.4, 0.5) is 5.13 Å². The Labute approximate surface area is 118 Å². The summed E-state index contributed by atoms with van der Waals surface area (Å²) in [5, 5.41) is 0.950. The van der Waals surface area contributed by atoms with Crippen molar-refractivity contribution in [1.82, 2.24) is 9.88 Å². The molecule has 19 heavy (non-hydrogen) atoms. The van der Waals surface area contributed by atoms with Crippen LogP contribution in [0.1, 0.15) is 28.2 Å². The minimum atomic E-state index is 0.402. The van der Waals surface area contributed by atoms with Crippen LogP contribution in [0.2, 0.25) is 0 Å². The van der Waals surface area contributed by atoms with E-state index >= 15 is 0 Å². The predicted octanol–water partition coefficient (Wildman–Crippen LogP) is 1.63. The average molecular weight is 283 g/mol. The largest absolute Gasteiger partial charge is 0.378 e. The van der Waals surface area contributed by atoms with Gasteiger partial charge in [-0.25, -0.2) is 4.98 Å². The van der Waals surface area contributed by atoms with Gasteiger partial charge in [-0.15, -0.1) is 0 Å². The van der Waals surface area contributed by atoms with Gasteiger partial charge >= 0.3 is 0 Å². The van der Waals surface area contributed by atoms with Crippen LogP contribution < -0.4 is 4.90 Å². The maximum atomic E-state index is 11.0. The molecule has 0 atom stereocenters. The number of methoxy groups -OCH3 is 1. The highest BCUT2D eigenvalue weighted by molar-refractivity contribution is 7.17. The van der Waals surface area contributed by atoms with Gasteiger partial charge < -0.3 is 14.5 Å². The molecule has 2 heterocycles. The molecule has 1 aromatic heterocycles. The van der Waals surface area contributed by atoms with E-state index in [4.69, 9.17) is 4.74 Å². The Morgan fingerprint density at radius 2 is 2.16 bits per heavy atom. The number of nitrogens with zero attached hydrogens (tertiary/aromatic N) is 3. The molecule has 0 unspecified atom stereocenters. The molecule has 5 nitrogen and oxygen atoms in total. The SMILES string of the molecule is COCc1nc(N2CCC(N(C)C)CC2)sc1C=O. The Morgan fingerprint density at radius 3 is 2.68 bits per heavy atom. The summed E-state index contributed by atoms with van der Waals surface area (Å²) in [5.74, 6) is 0. The first-order chi connectivity index (χ1) is 9.15. The molecule has 0 spiro atoms. The fourth-order valence-corrected chi connectivity index (χ4v) is 3.33. The van der Waals surface area contributed by atoms with E-state index in [1.807, 2.05) is 0 Å². The monoisotopic (exact) mass is 283 g/mol. The number of hydrogen-bond acceptors (Lipinski definition) is 6. The predicted molar refractivity (Wildman–Crippen MR) is 77.1 cm³/mol. The van der Waals surface area contributed by atoms with Gasteiger partial charge in [0.25, 0.3) is 0 Å². The molecule has 1 aromatic rings. The third-order valence-electron chi connectivity index (χ3n) is 3.57. The van der Waals surface area contributed by atoms with Crippen molar-refractivity contribution in [3.63, 3.8) is 0 Å². The lowest BCUT2D eigenvalue weighted by Crippen LogP contribution is -2.41. The lowest BCUT2D eigenvalue weighted by molar-refractivity contribution is 0.112. The molecule has 0 radical (unpaired) electrons. The average Bonchev–Trinajstić information content (AvgIpc) is 2.82. The van der Waals surface area contributed by atoms with Gasteiger partial charge in [-0.2, -0.15) is 0 Å². The Bertz CT molecular complexity index is 426. The highest BCUT2D eigenvalue weighted by Gasteiger charge is 2.23. The standard InChI is InChI=1S/C13H21N3O2S/c1-15(2)10-4-6-16(7-5-10)13-14-11(9-18-3)12(8-17)19-13/h8,10H,4-7,9H2,1-3H3. The molecule has 1 aliphatic rings. The van der Waals surface area contributed by atoms with Crippen molar-refractivity contribution in [3.8, 4) is 0 Å². The number of aromatic nitrogens is 1. The van der Waals surface area contributed by atoms with Gasteiger partial charge in [-0.05, 0) is 26.9 Å². The fourth-order valence-electron chi connectivity index (χ4n) is 2.39. The van der Waals surface area contributed by atoms with Crippen LogP contribution in [0, 0.1) is 0 Å². The summed E-state index contributed by atoms with van der Waals surface area (Å²) >= 11 is 1.47. The van der Waals surface area contributed by atoms with E-state index < -0.39 is 0 Å². The molecular weight excluding hydrogens is 262 g/mol. The molecule has 0 aliphatic carbocycles. The van der Waals surface area contributed by atoms with Crippen molar-refractivity contribution >= 4 is 22.8 Å². The van der Waals surface area contributed by atoms with Crippen LogP contribution in [0.25, 0.3) is 0 Å². The van der Waals surface area contributed by atoms with Crippen LogP contribution >= 0.6 is 11.3 Å². The molecule has 0 N–H and O–H groups in total. The number of carbonyl (C=O) groups excluding carboxylic acids is 1. The summed E-state index contributed by atoms with van der Waals surface area (Å²) in [6, 6.07) is 0.653. The van der Waals surface area contributed by atoms with Crippen LogP contribution in [-0.2, 0) is 11.3 Å². The summed E-state index contributed by atoms with van der Waals surface area (Å²) in [5.41, 5.74) is 0.757. The van der Waals surface area contributed by atoms with Crippen LogP contribution in [0.15, 0.2) is 0 Å². The number of rotatable bonds is 5. The second-order valence-corrected chi connectivity index (χ2v) is 6.05. The second kappa shape index (κ2) is 6.45. The highest BCUT2D eigenvalue weighted by Crippen LogP contribution is 2.28. The number of piperidine rings is 1. The zero-order chi connectivity index (χ0) is 13.8. The van der Waals surface area contributed by atoms with Gasteiger partial charge in [-0.1, -0.05) is 11.3 Å². The number of ether oxygens (including phenoxy) is 1. The number of hydrogen-bond donors (Lipinski definition) is 0. The van der Waals surface area contributed by atoms with E-state index in [0.717, 1.165) is 43.0 Å². The Kier molecular flexibility index (Phi) is 4.90. The van der Waals surface area contributed by atoms with Crippen LogP contribution in [-0.4, -0.2) is 56.5 Å². The molecule has 0 aromatic carbocycles. The third-order valence-corrected chi connectivity index (χ3v) is 4.65. The first-order valence-electron chi connectivity index (χ1n) is 6.51. The maximum absolute atomic E-state index is 11.0. The van der Waals surface area contributed by atoms with E-state index in [1.54, 1.807) is 7.11 Å². The van der Waals surface area contributed by atoms with Crippen LogP contribution in [0.5, 0.6) is 0 Å². The topological polar surface area (TPSA) is 45.7 Å². The minimum absolute atomic E-state index is 0.402. The normalized spacial score (nSPS) is 17.2. The lowest BCUT2D eigenvalue weighted by Gasteiger charge is -2.35. The number of carbonyl (C=O) groups is 1. The van der Waals surface area contributed by atoms with E-state index in [0.29, 0.717) is 17.5 Å². The van der Waals surface area contributed by atoms with E-state index in [2.05, 4.69) is 28.9 Å². The van der Waals surface area contributed by atoms with Crippen molar-refractivity contribution in [2.24, 2.45) is 0 Å². The third kappa shape index (κ3) is 3.32. The molecule has 6 heteroatoms. The van der Waals surface area contributed by atoms with Gasteiger partial charge in [0.2, 0.25) is 0 Å². The molecule has 1 saturated heterocycles. The van der Waals surface area contributed by atoms with E-state index in [9.17, 15) is 4.79 Å². The number of aldehydes is 1. The van der Waals surface area contributed by atoms with Gasteiger partial charge in [0.15, 0.2) is 11.4 Å². The van der Waals surface area contributed by atoms with Gasteiger partial charge in [0.1, 0.15) is 0 Å². The summed E-state index contributed by atoms with van der Waals surface area (Å²) in [6.07, 6.45) is 3.16. The minimum Gasteiger partial charge on any atom is -0.378 e. The van der Waals surface area contributed by atoms with Crippen molar-refractivity contribution < 1.29 is 9.53 Å². The highest BCUT2D eigenvalue weighted by atomic mass is 32.1. The summed E-state index contributed by atoms with van der Waals surface area (Å²) in [4.78, 5) is 20.8. The van der Waals surface area contributed by atoms with Gasteiger partial charge in [-0.3, -0.25) is 4.79 Å². The Hall–Kier alpha value is -0.980. The van der Waals surface area contributed by atoms with Gasteiger partial charge in [0, 0.05) is 26.2 Å². The van der Waals surface area contributed by atoms with Crippen molar-refractivity contribution in [1.29, 1.82) is 0 Å². The zero-order valence-electron chi connectivity index (χ0n) is 11.8. The maximum Gasteiger partial charge on any atom is 0.186 e. The summed E-state index contributed by atoms with van der Waals surface area (Å²) in [7, 11) is 5.88. The molecule has 0 amide bonds. The van der Waals surface area contributed by atoms with Crippen molar-refractivity contribution in [2.45, 2.75) is 25.5 Å². The molecule has 0 saturated carbocycles. The fraction of sp³-hybridized carbons (Fsp3) is 0.692. The molecule has 0 bridgehead atoms. The summed E-state index contributed by atoms with van der Waals surface area (Å²) in [6.45, 7) is 2.40. The van der Waals surface area contributed by atoms with E-state index in [-0.39, 0.29) is 0 Å². The van der Waals surface area contributed by atoms with Gasteiger partial charge in [0.05, 0.1) is 17.2 Å². The van der Waals surface area contributed by atoms with Crippen molar-refractivity contribution in [2.75, 3.05) is 39.2 Å². The first-order valence-corrected chi connectivity index (χ1v) is 7.32. The zero-order valence-corrected chi connectivity index (χ0v) is 12.6. The second-order valence-electron chi connectivity index (χ2n) is 5.04. The smallest absolute Gasteiger partial charge is 0.186 e. The number of thiazole rings is 1. The number of anilines is 1. The van der Waals surface area contributed by atoms with Crippen molar-refractivity contribution in [3.05, 3.63) is 10.6 Å². The molecule has 1 aliphatic heterocycles. The Balaban J connectivity index is 2.05. The first kappa shape index (κ1) is 14.4. The summed E-state index contributed by atoms with van der Waals surface area (Å²) < 4.78 is 5.08. The molecular formula is C13H21N3O2S. The molecule has 106 valence electrons. The lowest BCUT2D eigenvalue weighted by atomic mass is 10.0. The molecule has 1 fully saturated rings. The molecule has 2 rings (SSSR count). The van der Waals surface area contributed by atoms with Crippen LogP contribution in [0.3, 0.4) is 0 Å². The van der Waals surface area contributed by atoms with E-state index in [1.165, 1.54) is 11.3 Å². The Morgan fingerprint density at radius 1 is 1.47 bits per heavy atom.